The second-order valence-electron chi connectivity index (χ2n) is 5.23. The Morgan fingerprint density at radius 3 is 2.90 bits per heavy atom. The predicted octanol–water partition coefficient (Wildman–Crippen LogP) is 5.02. The summed E-state index contributed by atoms with van der Waals surface area (Å²) in [5, 5.41) is 5.89. The molecular weight excluding hydrogens is 276 g/mol. The van der Waals surface area contributed by atoms with Gasteiger partial charge in [0.25, 0.3) is 0 Å². The number of hydrogen-bond donors (Lipinski definition) is 1. The number of nitrogens with one attached hydrogen (secondary N) is 1. The SMILES string of the molecule is CCCC(NC)c1ccc(-c2cccc3ccncc23)s1. The van der Waals surface area contributed by atoms with Gasteiger partial charge in [-0.05, 0) is 37.1 Å². The minimum absolute atomic E-state index is 0.460. The maximum atomic E-state index is 4.28. The summed E-state index contributed by atoms with van der Waals surface area (Å²) in [6.07, 6.45) is 6.18. The minimum Gasteiger partial charge on any atom is -0.312 e. The lowest BCUT2D eigenvalue weighted by molar-refractivity contribution is 0.550. The van der Waals surface area contributed by atoms with Crippen molar-refractivity contribution in [1.29, 1.82) is 0 Å². The van der Waals surface area contributed by atoms with E-state index in [1.165, 1.54) is 38.9 Å². The molecule has 2 nitrogen and oxygen atoms in total. The molecule has 1 unspecified atom stereocenters. The summed E-state index contributed by atoms with van der Waals surface area (Å²) >= 11 is 1.88. The zero-order valence-corrected chi connectivity index (χ0v) is 13.3. The highest BCUT2D eigenvalue weighted by atomic mass is 32.1. The van der Waals surface area contributed by atoms with Crippen LogP contribution in [-0.4, -0.2) is 12.0 Å². The quantitative estimate of drug-likeness (QED) is 0.714. The summed E-state index contributed by atoms with van der Waals surface area (Å²) in [4.78, 5) is 7.01. The van der Waals surface area contributed by atoms with E-state index in [0.717, 1.165) is 0 Å². The Hall–Kier alpha value is -1.71. The van der Waals surface area contributed by atoms with E-state index in [0.29, 0.717) is 6.04 Å². The van der Waals surface area contributed by atoms with Crippen molar-refractivity contribution < 1.29 is 0 Å². The highest BCUT2D eigenvalue weighted by molar-refractivity contribution is 7.15. The minimum atomic E-state index is 0.460. The first kappa shape index (κ1) is 14.2. The van der Waals surface area contributed by atoms with Gasteiger partial charge in [0.1, 0.15) is 0 Å². The maximum absolute atomic E-state index is 4.28. The third-order valence-corrected chi connectivity index (χ3v) is 5.08. The smallest absolute Gasteiger partial charge is 0.0412 e. The number of aromatic nitrogens is 1. The van der Waals surface area contributed by atoms with Crippen molar-refractivity contribution in [3.63, 3.8) is 0 Å². The molecule has 108 valence electrons. The van der Waals surface area contributed by atoms with Crippen LogP contribution in [0.25, 0.3) is 21.2 Å². The van der Waals surface area contributed by atoms with E-state index in [1.54, 1.807) is 0 Å². The van der Waals surface area contributed by atoms with E-state index in [4.69, 9.17) is 0 Å². The molecule has 0 saturated heterocycles. The van der Waals surface area contributed by atoms with Gasteiger partial charge >= 0.3 is 0 Å². The fraction of sp³-hybridized carbons (Fsp3) is 0.278. The fourth-order valence-electron chi connectivity index (χ4n) is 2.73. The Morgan fingerprint density at radius 1 is 1.19 bits per heavy atom. The number of fused-ring (bicyclic) bond motifs is 1. The molecule has 0 aliphatic heterocycles. The number of hydrogen-bond acceptors (Lipinski definition) is 3. The van der Waals surface area contributed by atoms with Gasteiger partial charge in [0.15, 0.2) is 0 Å². The van der Waals surface area contributed by atoms with E-state index in [1.807, 2.05) is 30.8 Å². The predicted molar refractivity (Wildman–Crippen MR) is 91.8 cm³/mol. The third-order valence-electron chi connectivity index (χ3n) is 3.85. The van der Waals surface area contributed by atoms with Crippen LogP contribution in [-0.2, 0) is 0 Å². The molecule has 2 heterocycles. The molecule has 0 aliphatic rings. The number of benzene rings is 1. The normalized spacial score (nSPS) is 12.7. The number of rotatable bonds is 5. The van der Waals surface area contributed by atoms with Crippen molar-refractivity contribution in [1.82, 2.24) is 10.3 Å². The van der Waals surface area contributed by atoms with Gasteiger partial charge in [-0.2, -0.15) is 0 Å². The molecule has 1 N–H and O–H groups in total. The zero-order valence-electron chi connectivity index (χ0n) is 12.5. The van der Waals surface area contributed by atoms with Crippen LogP contribution in [0.5, 0.6) is 0 Å². The molecule has 1 aromatic carbocycles. The van der Waals surface area contributed by atoms with Crippen molar-refractivity contribution in [3.05, 3.63) is 53.7 Å². The topological polar surface area (TPSA) is 24.9 Å². The maximum Gasteiger partial charge on any atom is 0.0412 e. The molecule has 3 aromatic rings. The monoisotopic (exact) mass is 296 g/mol. The van der Waals surface area contributed by atoms with Gasteiger partial charge in [0.2, 0.25) is 0 Å². The van der Waals surface area contributed by atoms with Crippen molar-refractivity contribution >= 4 is 22.1 Å². The van der Waals surface area contributed by atoms with Crippen LogP contribution in [0.4, 0.5) is 0 Å². The third kappa shape index (κ3) is 2.85. The van der Waals surface area contributed by atoms with Crippen molar-refractivity contribution in [2.24, 2.45) is 0 Å². The summed E-state index contributed by atoms with van der Waals surface area (Å²) in [7, 11) is 2.04. The van der Waals surface area contributed by atoms with Gasteiger partial charge in [-0.3, -0.25) is 4.98 Å². The fourth-order valence-corrected chi connectivity index (χ4v) is 3.92. The van der Waals surface area contributed by atoms with Crippen LogP contribution in [0.1, 0.15) is 30.7 Å². The molecule has 0 spiro atoms. The number of nitrogens with zero attached hydrogens (tertiary/aromatic N) is 1. The van der Waals surface area contributed by atoms with E-state index in [-0.39, 0.29) is 0 Å². The molecule has 2 aromatic heterocycles. The Bertz CT molecular complexity index is 727. The van der Waals surface area contributed by atoms with Crippen molar-refractivity contribution in [2.75, 3.05) is 7.05 Å². The van der Waals surface area contributed by atoms with E-state index < -0.39 is 0 Å². The zero-order chi connectivity index (χ0) is 14.7. The summed E-state index contributed by atoms with van der Waals surface area (Å²) in [6.45, 7) is 2.23. The second-order valence-corrected chi connectivity index (χ2v) is 6.35. The first-order chi connectivity index (χ1) is 10.3. The summed E-state index contributed by atoms with van der Waals surface area (Å²) in [6, 6.07) is 13.5. The van der Waals surface area contributed by atoms with Gasteiger partial charge in [0.05, 0.1) is 0 Å². The average molecular weight is 296 g/mol. The van der Waals surface area contributed by atoms with Crippen LogP contribution >= 0.6 is 11.3 Å². The van der Waals surface area contributed by atoms with Crippen molar-refractivity contribution in [3.8, 4) is 10.4 Å². The average Bonchev–Trinajstić information content (AvgIpc) is 3.01. The van der Waals surface area contributed by atoms with Crippen LogP contribution in [0.3, 0.4) is 0 Å². The Labute approximate surface area is 129 Å². The molecule has 0 saturated carbocycles. The van der Waals surface area contributed by atoms with Gasteiger partial charge < -0.3 is 5.32 Å². The largest absolute Gasteiger partial charge is 0.312 e. The number of pyridine rings is 1. The van der Waals surface area contributed by atoms with Crippen molar-refractivity contribution in [2.45, 2.75) is 25.8 Å². The van der Waals surface area contributed by atoms with Gasteiger partial charge in [0, 0.05) is 39.1 Å². The van der Waals surface area contributed by atoms with Gasteiger partial charge in [-0.1, -0.05) is 31.5 Å². The highest BCUT2D eigenvalue weighted by Crippen LogP contribution is 2.36. The molecular formula is C18H20N2S. The first-order valence-corrected chi connectivity index (χ1v) is 8.25. The van der Waals surface area contributed by atoms with E-state index in [9.17, 15) is 0 Å². The van der Waals surface area contributed by atoms with Gasteiger partial charge in [-0.25, -0.2) is 0 Å². The molecule has 21 heavy (non-hydrogen) atoms. The molecule has 3 rings (SSSR count). The summed E-state index contributed by atoms with van der Waals surface area (Å²) in [5.74, 6) is 0. The number of thiophene rings is 1. The van der Waals surface area contributed by atoms with Crippen LogP contribution < -0.4 is 5.32 Å². The van der Waals surface area contributed by atoms with Crippen LogP contribution in [0.2, 0.25) is 0 Å². The van der Waals surface area contributed by atoms with Crippen LogP contribution in [0.15, 0.2) is 48.8 Å². The Morgan fingerprint density at radius 2 is 2.10 bits per heavy atom. The molecule has 0 amide bonds. The lowest BCUT2D eigenvalue weighted by Crippen LogP contribution is -2.14. The highest BCUT2D eigenvalue weighted by Gasteiger charge is 2.12. The van der Waals surface area contributed by atoms with Crippen LogP contribution in [0, 0.1) is 0 Å². The Kier molecular flexibility index (Phi) is 4.32. The molecule has 3 heteroatoms. The molecule has 0 bridgehead atoms. The lowest BCUT2D eigenvalue weighted by atomic mass is 10.1. The van der Waals surface area contributed by atoms with Gasteiger partial charge in [-0.15, -0.1) is 11.3 Å². The molecule has 1 atom stereocenters. The molecule has 0 radical (unpaired) electrons. The first-order valence-electron chi connectivity index (χ1n) is 7.43. The summed E-state index contributed by atoms with van der Waals surface area (Å²) < 4.78 is 0. The molecule has 0 aliphatic carbocycles. The van der Waals surface area contributed by atoms with E-state index >= 15 is 0 Å². The standard InChI is InChI=1S/C18H20N2S/c1-3-5-16(19-2)18-9-8-17(21-18)14-7-4-6-13-10-11-20-12-15(13)14/h4,6-12,16,19H,3,5H2,1-2H3. The second kappa shape index (κ2) is 6.37. The Balaban J connectivity index is 2.02. The summed E-state index contributed by atoms with van der Waals surface area (Å²) in [5.41, 5.74) is 1.28. The lowest BCUT2D eigenvalue weighted by Gasteiger charge is -2.12. The van der Waals surface area contributed by atoms with E-state index in [2.05, 4.69) is 53.6 Å². The molecule has 0 fully saturated rings.